The summed E-state index contributed by atoms with van der Waals surface area (Å²) in [4.78, 5) is 6.80. The molecule has 3 heterocycles. The summed E-state index contributed by atoms with van der Waals surface area (Å²) in [7, 11) is 4.09. The van der Waals surface area contributed by atoms with Crippen molar-refractivity contribution in [3.05, 3.63) is 11.9 Å². The van der Waals surface area contributed by atoms with E-state index in [4.69, 9.17) is 4.74 Å². The fourth-order valence-corrected chi connectivity index (χ4v) is 2.02. The number of allylic oxidation sites excluding steroid dienone is 1. The highest BCUT2D eigenvalue weighted by Crippen LogP contribution is 2.23. The lowest BCUT2D eigenvalue weighted by Crippen LogP contribution is -2.56. The molecule has 0 saturated carbocycles. The van der Waals surface area contributed by atoms with Crippen molar-refractivity contribution in [3.8, 4) is 0 Å². The van der Waals surface area contributed by atoms with Crippen molar-refractivity contribution in [2.24, 2.45) is 0 Å². The second-order valence-electron chi connectivity index (χ2n) is 4.61. The molecule has 4 heteroatoms. The predicted octanol–water partition coefficient (Wildman–Crippen LogP) is 0.729. The third-order valence-corrected chi connectivity index (χ3v) is 3.31. The Morgan fingerprint density at radius 1 is 1.47 bits per heavy atom. The number of fused-ring (bicyclic) bond motifs is 2. The standard InChI is InChI=1S/C11H21N3O/c1-9-7-14-6-5-13(9)8-11(14)15-10(2)12(3)4/h7,10-11H,5-6,8H2,1-4H3. The molecule has 3 rings (SSSR count). The molecule has 3 aliphatic heterocycles. The molecule has 1 fully saturated rings. The van der Waals surface area contributed by atoms with E-state index in [2.05, 4.69) is 34.7 Å². The Labute approximate surface area is 92.1 Å². The summed E-state index contributed by atoms with van der Waals surface area (Å²) in [5.41, 5.74) is 1.36. The lowest BCUT2D eigenvalue weighted by molar-refractivity contribution is -0.151. The molecule has 0 radical (unpaired) electrons. The Balaban J connectivity index is 1.97. The summed E-state index contributed by atoms with van der Waals surface area (Å²) in [6.07, 6.45) is 2.60. The Kier molecular flexibility index (Phi) is 2.89. The first-order chi connectivity index (χ1) is 7.08. The summed E-state index contributed by atoms with van der Waals surface area (Å²) in [6.45, 7) is 7.48. The zero-order valence-corrected chi connectivity index (χ0v) is 10.1. The summed E-state index contributed by atoms with van der Waals surface area (Å²) in [5, 5.41) is 0. The van der Waals surface area contributed by atoms with Gasteiger partial charge in [-0.1, -0.05) is 0 Å². The highest BCUT2D eigenvalue weighted by Gasteiger charge is 2.31. The van der Waals surface area contributed by atoms with E-state index >= 15 is 0 Å². The molecule has 2 unspecified atom stereocenters. The van der Waals surface area contributed by atoms with Gasteiger partial charge in [-0.25, -0.2) is 0 Å². The van der Waals surface area contributed by atoms with Crippen LogP contribution in [0.1, 0.15) is 13.8 Å². The Morgan fingerprint density at radius 3 is 2.67 bits per heavy atom. The number of ether oxygens (including phenoxy) is 1. The van der Waals surface area contributed by atoms with Gasteiger partial charge in [0, 0.05) is 25.0 Å². The average molecular weight is 211 g/mol. The van der Waals surface area contributed by atoms with Crippen LogP contribution in [-0.2, 0) is 4.74 Å². The Bertz CT molecular complexity index is 265. The van der Waals surface area contributed by atoms with Crippen LogP contribution >= 0.6 is 0 Å². The summed E-state index contributed by atoms with van der Waals surface area (Å²) < 4.78 is 6.00. The normalized spacial score (nSPS) is 27.3. The van der Waals surface area contributed by atoms with Crippen LogP contribution in [0.4, 0.5) is 0 Å². The van der Waals surface area contributed by atoms with E-state index in [0.717, 1.165) is 19.6 Å². The first-order valence-electron chi connectivity index (χ1n) is 5.59. The van der Waals surface area contributed by atoms with Crippen LogP contribution in [0, 0.1) is 0 Å². The molecule has 0 spiro atoms. The monoisotopic (exact) mass is 211 g/mol. The molecule has 2 atom stereocenters. The van der Waals surface area contributed by atoms with E-state index < -0.39 is 0 Å². The van der Waals surface area contributed by atoms with E-state index in [-0.39, 0.29) is 12.5 Å². The second kappa shape index (κ2) is 4.02. The fourth-order valence-electron chi connectivity index (χ4n) is 2.02. The number of hydrogen-bond donors (Lipinski definition) is 0. The van der Waals surface area contributed by atoms with Crippen molar-refractivity contribution in [2.45, 2.75) is 26.3 Å². The van der Waals surface area contributed by atoms with Crippen molar-refractivity contribution in [1.82, 2.24) is 14.7 Å². The second-order valence-corrected chi connectivity index (χ2v) is 4.61. The van der Waals surface area contributed by atoms with Crippen LogP contribution in [0.2, 0.25) is 0 Å². The first kappa shape index (κ1) is 10.8. The topological polar surface area (TPSA) is 19.0 Å². The van der Waals surface area contributed by atoms with Crippen LogP contribution in [0.15, 0.2) is 11.9 Å². The van der Waals surface area contributed by atoms with Gasteiger partial charge in [0.15, 0.2) is 0 Å². The van der Waals surface area contributed by atoms with Crippen LogP contribution in [0.25, 0.3) is 0 Å². The third kappa shape index (κ3) is 2.11. The molecule has 4 nitrogen and oxygen atoms in total. The highest BCUT2D eigenvalue weighted by molar-refractivity contribution is 5.07. The molecule has 0 aliphatic carbocycles. The zero-order valence-electron chi connectivity index (χ0n) is 10.1. The van der Waals surface area contributed by atoms with Crippen molar-refractivity contribution in [1.29, 1.82) is 0 Å². The van der Waals surface area contributed by atoms with Crippen molar-refractivity contribution in [2.75, 3.05) is 33.7 Å². The molecule has 0 N–H and O–H groups in total. The largest absolute Gasteiger partial charge is 0.368 e. The smallest absolute Gasteiger partial charge is 0.149 e. The van der Waals surface area contributed by atoms with Crippen LogP contribution in [0.5, 0.6) is 0 Å². The van der Waals surface area contributed by atoms with Crippen LogP contribution < -0.4 is 0 Å². The van der Waals surface area contributed by atoms with Crippen LogP contribution in [-0.4, -0.2) is 60.9 Å². The molecule has 0 amide bonds. The van der Waals surface area contributed by atoms with Gasteiger partial charge < -0.3 is 14.5 Å². The average Bonchev–Trinajstić information content (AvgIpc) is 2.19. The SMILES string of the molecule is CC1=CN2CCN1CC2OC(C)N(C)C. The molecule has 0 aromatic carbocycles. The van der Waals surface area contributed by atoms with E-state index in [1.54, 1.807) is 0 Å². The van der Waals surface area contributed by atoms with Gasteiger partial charge in [-0.15, -0.1) is 0 Å². The maximum Gasteiger partial charge on any atom is 0.149 e. The molecule has 15 heavy (non-hydrogen) atoms. The number of nitrogens with zero attached hydrogens (tertiary/aromatic N) is 3. The van der Waals surface area contributed by atoms with Crippen molar-refractivity contribution >= 4 is 0 Å². The maximum absolute atomic E-state index is 6.00. The van der Waals surface area contributed by atoms with Crippen molar-refractivity contribution < 1.29 is 4.74 Å². The van der Waals surface area contributed by atoms with Gasteiger partial charge in [0.05, 0.1) is 6.54 Å². The molecule has 1 saturated heterocycles. The third-order valence-electron chi connectivity index (χ3n) is 3.31. The summed E-state index contributed by atoms with van der Waals surface area (Å²) in [5.74, 6) is 0. The Morgan fingerprint density at radius 2 is 2.20 bits per heavy atom. The molecule has 3 aliphatic rings. The lowest BCUT2D eigenvalue weighted by Gasteiger charge is -2.48. The van der Waals surface area contributed by atoms with E-state index in [0.29, 0.717) is 0 Å². The van der Waals surface area contributed by atoms with Gasteiger partial charge in [-0.3, -0.25) is 4.90 Å². The zero-order chi connectivity index (χ0) is 11.0. The van der Waals surface area contributed by atoms with Crippen LogP contribution in [0.3, 0.4) is 0 Å². The van der Waals surface area contributed by atoms with E-state index in [1.165, 1.54) is 5.70 Å². The first-order valence-corrected chi connectivity index (χ1v) is 5.59. The minimum Gasteiger partial charge on any atom is -0.368 e. The van der Waals surface area contributed by atoms with E-state index in [1.807, 2.05) is 14.1 Å². The maximum atomic E-state index is 6.00. The number of rotatable bonds is 3. The van der Waals surface area contributed by atoms with Gasteiger partial charge in [-0.05, 0) is 27.9 Å². The van der Waals surface area contributed by atoms with E-state index in [9.17, 15) is 0 Å². The fraction of sp³-hybridized carbons (Fsp3) is 0.818. The highest BCUT2D eigenvalue weighted by atomic mass is 16.5. The van der Waals surface area contributed by atoms with Gasteiger partial charge in [0.25, 0.3) is 0 Å². The van der Waals surface area contributed by atoms with Gasteiger partial charge in [0.2, 0.25) is 0 Å². The summed E-state index contributed by atoms with van der Waals surface area (Å²) in [6, 6.07) is 0. The lowest BCUT2D eigenvalue weighted by atomic mass is 10.2. The quantitative estimate of drug-likeness (QED) is 0.641. The van der Waals surface area contributed by atoms with Gasteiger partial charge in [0.1, 0.15) is 12.5 Å². The molecule has 86 valence electrons. The van der Waals surface area contributed by atoms with Crippen molar-refractivity contribution in [3.63, 3.8) is 0 Å². The number of piperazine rings is 1. The molecular formula is C11H21N3O. The van der Waals surface area contributed by atoms with Gasteiger partial charge >= 0.3 is 0 Å². The summed E-state index contributed by atoms with van der Waals surface area (Å²) >= 11 is 0. The number of hydrogen-bond acceptors (Lipinski definition) is 4. The molecule has 0 aromatic heterocycles. The minimum atomic E-state index is 0.171. The molecular weight excluding hydrogens is 190 g/mol. The molecule has 2 bridgehead atoms. The van der Waals surface area contributed by atoms with Gasteiger partial charge in [-0.2, -0.15) is 0 Å². The minimum absolute atomic E-state index is 0.171. The Hall–Kier alpha value is -0.740. The predicted molar refractivity (Wildman–Crippen MR) is 60.1 cm³/mol. The molecule has 0 aromatic rings.